The van der Waals surface area contributed by atoms with Crippen LogP contribution in [-0.4, -0.2) is 32.7 Å². The lowest BCUT2D eigenvalue weighted by atomic mass is 9.81. The van der Waals surface area contributed by atoms with Crippen molar-refractivity contribution in [2.75, 3.05) is 0 Å². The average molecular weight is 419 g/mol. The van der Waals surface area contributed by atoms with Gasteiger partial charge in [0.25, 0.3) is 23.4 Å². The first kappa shape index (κ1) is 19.4. The number of hydrogen-bond acceptors (Lipinski definition) is 5. The number of imide groups is 1. The second-order valence-corrected chi connectivity index (χ2v) is 8.53. The molecule has 1 heterocycles. The van der Waals surface area contributed by atoms with E-state index in [0.29, 0.717) is 0 Å². The van der Waals surface area contributed by atoms with Gasteiger partial charge in [0.1, 0.15) is 0 Å². The van der Waals surface area contributed by atoms with Gasteiger partial charge in [-0.1, -0.05) is 36.4 Å². The summed E-state index contributed by atoms with van der Waals surface area (Å²) < 4.78 is 0. The zero-order chi connectivity index (χ0) is 21.7. The molecule has 3 aliphatic rings. The summed E-state index contributed by atoms with van der Waals surface area (Å²) in [5.74, 6) is -1.58. The molecule has 3 amide bonds. The molecular weight excluding hydrogens is 398 g/mol. The predicted molar refractivity (Wildman–Crippen MR) is 109 cm³/mol. The molecule has 158 valence electrons. The topological polar surface area (TPSA) is 101 Å². The molecule has 31 heavy (non-hydrogen) atoms. The SMILES string of the molecule is O=C(c1cccc([N+](=O)[O-])c1)N(Cc1ccccc1)N1C(=O)[C@@H]2[C@H]3CC[C@@H](C3)[C@H]2C1=O. The maximum atomic E-state index is 13.5. The zero-order valence-corrected chi connectivity index (χ0v) is 16.7. The van der Waals surface area contributed by atoms with Gasteiger partial charge in [-0.3, -0.25) is 24.5 Å². The molecule has 0 N–H and O–H groups in total. The second-order valence-electron chi connectivity index (χ2n) is 8.53. The number of carbonyl (C=O) groups excluding carboxylic acids is 3. The van der Waals surface area contributed by atoms with E-state index in [4.69, 9.17) is 0 Å². The van der Waals surface area contributed by atoms with Crippen molar-refractivity contribution in [3.05, 3.63) is 75.8 Å². The first-order valence-corrected chi connectivity index (χ1v) is 10.4. The molecule has 8 heteroatoms. The summed E-state index contributed by atoms with van der Waals surface area (Å²) in [5, 5.41) is 13.4. The van der Waals surface area contributed by atoms with Gasteiger partial charge in [-0.25, -0.2) is 5.01 Å². The average Bonchev–Trinajstić information content (AvgIpc) is 3.46. The van der Waals surface area contributed by atoms with Gasteiger partial charge in [0.2, 0.25) is 0 Å². The Bertz CT molecular complexity index is 1060. The fourth-order valence-electron chi connectivity index (χ4n) is 5.52. The van der Waals surface area contributed by atoms with E-state index in [0.717, 1.165) is 34.8 Å². The van der Waals surface area contributed by atoms with Crippen molar-refractivity contribution >= 4 is 23.4 Å². The van der Waals surface area contributed by atoms with Crippen LogP contribution in [0, 0.1) is 33.8 Å². The van der Waals surface area contributed by atoms with Gasteiger partial charge >= 0.3 is 0 Å². The van der Waals surface area contributed by atoms with Crippen molar-refractivity contribution in [1.82, 2.24) is 10.0 Å². The van der Waals surface area contributed by atoms with E-state index < -0.39 is 10.8 Å². The van der Waals surface area contributed by atoms with E-state index >= 15 is 0 Å². The van der Waals surface area contributed by atoms with Crippen LogP contribution in [0.3, 0.4) is 0 Å². The number of benzene rings is 2. The smallest absolute Gasteiger partial charge is 0.272 e. The molecule has 2 aliphatic carbocycles. The molecule has 3 fully saturated rings. The van der Waals surface area contributed by atoms with E-state index in [-0.39, 0.29) is 53.3 Å². The molecule has 8 nitrogen and oxygen atoms in total. The summed E-state index contributed by atoms with van der Waals surface area (Å²) in [6.45, 7) is 0.0224. The third kappa shape index (κ3) is 3.10. The minimum atomic E-state index is -0.610. The molecule has 0 spiro atoms. The first-order valence-electron chi connectivity index (χ1n) is 10.4. The Balaban J connectivity index is 1.53. The lowest BCUT2D eigenvalue weighted by Crippen LogP contribution is -2.50. The van der Waals surface area contributed by atoms with Crippen LogP contribution >= 0.6 is 0 Å². The summed E-state index contributed by atoms with van der Waals surface area (Å²) >= 11 is 0. The van der Waals surface area contributed by atoms with Crippen LogP contribution in [0.15, 0.2) is 54.6 Å². The summed E-state index contributed by atoms with van der Waals surface area (Å²) in [5.41, 5.74) is 0.590. The molecule has 2 aromatic carbocycles. The summed E-state index contributed by atoms with van der Waals surface area (Å²) in [6, 6.07) is 14.4. The fourth-order valence-corrected chi connectivity index (χ4v) is 5.52. The number of hydrazine groups is 1. The molecule has 2 aromatic rings. The van der Waals surface area contributed by atoms with Crippen LogP contribution in [-0.2, 0) is 16.1 Å². The van der Waals surface area contributed by atoms with Crippen LogP contribution < -0.4 is 0 Å². The lowest BCUT2D eigenvalue weighted by Gasteiger charge is -2.31. The van der Waals surface area contributed by atoms with Crippen molar-refractivity contribution < 1.29 is 19.3 Å². The van der Waals surface area contributed by atoms with E-state index in [1.54, 1.807) is 0 Å². The molecule has 0 radical (unpaired) electrons. The normalized spacial score (nSPS) is 26.3. The van der Waals surface area contributed by atoms with Crippen LogP contribution in [0.25, 0.3) is 0 Å². The molecule has 4 atom stereocenters. The fraction of sp³-hybridized carbons (Fsp3) is 0.348. The zero-order valence-electron chi connectivity index (χ0n) is 16.7. The lowest BCUT2D eigenvalue weighted by molar-refractivity contribution is -0.384. The van der Waals surface area contributed by atoms with Crippen LogP contribution in [0.4, 0.5) is 5.69 Å². The molecule has 2 bridgehead atoms. The molecule has 1 saturated heterocycles. The largest absolute Gasteiger partial charge is 0.273 e. The molecular formula is C23H21N3O5. The number of nitro benzene ring substituents is 1. The number of rotatable bonds is 5. The standard InChI is InChI=1S/C23H21N3O5/c27-21(17-7-4-8-18(12-17)26(30)31)24(13-14-5-2-1-3-6-14)25-22(28)19-15-9-10-16(11-15)20(19)23(25)29/h1-8,12,15-16,19-20H,9-11,13H2/t15-,16-,19+,20+/m0/s1. The van der Waals surface area contributed by atoms with Crippen molar-refractivity contribution in [1.29, 1.82) is 0 Å². The molecule has 1 aliphatic heterocycles. The Morgan fingerprint density at radius 1 is 1.00 bits per heavy atom. The Hall–Kier alpha value is -3.55. The van der Waals surface area contributed by atoms with Gasteiger partial charge in [0.15, 0.2) is 0 Å². The highest BCUT2D eigenvalue weighted by molar-refractivity contribution is 6.08. The van der Waals surface area contributed by atoms with Gasteiger partial charge < -0.3 is 0 Å². The van der Waals surface area contributed by atoms with E-state index in [9.17, 15) is 24.5 Å². The quantitative estimate of drug-likeness (QED) is 0.421. The molecule has 0 unspecified atom stereocenters. The van der Waals surface area contributed by atoms with Gasteiger partial charge in [-0.15, -0.1) is 0 Å². The Labute approximate surface area is 178 Å². The van der Waals surface area contributed by atoms with Gasteiger partial charge in [0, 0.05) is 17.7 Å². The Morgan fingerprint density at radius 2 is 1.65 bits per heavy atom. The monoisotopic (exact) mass is 419 g/mol. The Morgan fingerprint density at radius 3 is 2.26 bits per heavy atom. The first-order chi connectivity index (χ1) is 15.0. The predicted octanol–water partition coefficient (Wildman–Crippen LogP) is 3.18. The highest BCUT2D eigenvalue weighted by Crippen LogP contribution is 2.56. The number of nitro groups is 1. The van der Waals surface area contributed by atoms with E-state index in [1.807, 2.05) is 30.3 Å². The van der Waals surface area contributed by atoms with Crippen molar-refractivity contribution in [3.63, 3.8) is 0 Å². The van der Waals surface area contributed by atoms with Crippen LogP contribution in [0.1, 0.15) is 35.2 Å². The van der Waals surface area contributed by atoms with Crippen LogP contribution in [0.2, 0.25) is 0 Å². The minimum absolute atomic E-state index is 0.0224. The van der Waals surface area contributed by atoms with Crippen molar-refractivity contribution in [2.24, 2.45) is 23.7 Å². The van der Waals surface area contributed by atoms with Gasteiger partial charge in [-0.2, -0.15) is 5.01 Å². The van der Waals surface area contributed by atoms with Gasteiger partial charge in [-0.05, 0) is 42.7 Å². The third-order valence-electron chi connectivity index (χ3n) is 6.86. The maximum absolute atomic E-state index is 13.5. The summed E-state index contributed by atoms with van der Waals surface area (Å²) in [4.78, 5) is 50.7. The van der Waals surface area contributed by atoms with E-state index in [1.165, 1.54) is 24.3 Å². The van der Waals surface area contributed by atoms with Crippen LogP contribution in [0.5, 0.6) is 0 Å². The highest BCUT2D eigenvalue weighted by atomic mass is 16.6. The number of hydrogen-bond donors (Lipinski definition) is 0. The number of non-ortho nitro benzene ring substituents is 1. The molecule has 0 aromatic heterocycles. The summed E-state index contributed by atoms with van der Waals surface area (Å²) in [7, 11) is 0. The second kappa shape index (κ2) is 7.30. The number of amides is 3. The number of nitrogens with zero attached hydrogens (tertiary/aromatic N) is 3. The number of fused-ring (bicyclic) bond motifs is 5. The molecule has 2 saturated carbocycles. The molecule has 5 rings (SSSR count). The maximum Gasteiger partial charge on any atom is 0.273 e. The van der Waals surface area contributed by atoms with E-state index in [2.05, 4.69) is 0 Å². The number of carbonyl (C=O) groups is 3. The van der Waals surface area contributed by atoms with Crippen molar-refractivity contribution in [2.45, 2.75) is 25.8 Å². The Kier molecular flexibility index (Phi) is 4.57. The third-order valence-corrected chi connectivity index (χ3v) is 6.86. The van der Waals surface area contributed by atoms with Crippen molar-refractivity contribution in [3.8, 4) is 0 Å². The minimum Gasteiger partial charge on any atom is -0.272 e. The highest BCUT2D eigenvalue weighted by Gasteiger charge is 2.62. The summed E-state index contributed by atoms with van der Waals surface area (Å²) in [6.07, 6.45) is 2.78. The van der Waals surface area contributed by atoms with Gasteiger partial charge in [0.05, 0.1) is 23.3 Å².